The molecule has 0 saturated heterocycles. The van der Waals surface area contributed by atoms with Crippen molar-refractivity contribution in [3.05, 3.63) is 88.0 Å². The van der Waals surface area contributed by atoms with Crippen molar-refractivity contribution in [2.75, 3.05) is 0 Å². The quantitative estimate of drug-likeness (QED) is 0.136. The summed E-state index contributed by atoms with van der Waals surface area (Å²) in [5, 5.41) is 24.5. The zero-order chi connectivity index (χ0) is 32.0. The molecule has 0 fully saturated rings. The van der Waals surface area contributed by atoms with Crippen LogP contribution in [-0.2, 0) is 22.4 Å². The van der Waals surface area contributed by atoms with Gasteiger partial charge in [-0.15, -0.1) is 25.3 Å². The number of aliphatic carboxylic acids is 2. The summed E-state index contributed by atoms with van der Waals surface area (Å²) >= 11 is 9.49. The molecule has 0 radical (unpaired) electrons. The van der Waals surface area contributed by atoms with E-state index in [-0.39, 0.29) is 12.8 Å². The van der Waals surface area contributed by atoms with Crippen molar-refractivity contribution < 1.29 is 19.8 Å². The van der Waals surface area contributed by atoms with Crippen molar-refractivity contribution in [1.29, 1.82) is 0 Å². The largest absolute Gasteiger partial charge is 0.481 e. The van der Waals surface area contributed by atoms with Crippen LogP contribution >= 0.6 is 25.3 Å². The van der Waals surface area contributed by atoms with Gasteiger partial charge in [-0.05, 0) is 122 Å². The molecule has 0 atom stereocenters. The minimum Gasteiger partial charge on any atom is -0.481 e. The van der Waals surface area contributed by atoms with Crippen LogP contribution in [0.4, 0.5) is 0 Å². The van der Waals surface area contributed by atoms with E-state index in [1.165, 1.54) is 0 Å². The average molecular weight is 631 g/mol. The molecular formula is C34H38N4O4S2. The van der Waals surface area contributed by atoms with Gasteiger partial charge in [-0.3, -0.25) is 9.59 Å². The lowest BCUT2D eigenvalue weighted by Crippen LogP contribution is -2.25. The first-order valence-corrected chi connectivity index (χ1v) is 15.4. The van der Waals surface area contributed by atoms with E-state index in [1.54, 1.807) is 0 Å². The number of hydrogen-bond donors (Lipinski definition) is 8. The first-order valence-electron chi connectivity index (χ1n) is 14.5. The minimum atomic E-state index is -0.869. The monoisotopic (exact) mass is 630 g/mol. The SMILES string of the molecule is C/C(S)=c1\c(C)c2[nH]\c1=C/c1[nH]c(/c(=C(\C)S)c1C)=C\c1[nH]c(c(CCC(=O)O)c1C)/C=c1\[nH]/c(c(C)c1CCC(=O)O)=C\2. The molecule has 230 valence electrons. The standard InChI is InChI=1S/C34H38N4O4S2/c1-15-21(7-9-31(39)40)27-14-28-22(8-10-32(41)42)16(2)24(36-28)12-29-34(20(6)44)18(4)26(38-29)13-30-33(19(5)43)17(3)25(37-30)11-23(15)35-27/h11-14,35-38,43-44H,7-10H2,1-6H3,(H,39,40)(H,41,42)/b23-11-,27-14-,29-12-,30-13-,33-19-,34-20+. The first-order chi connectivity index (χ1) is 20.8. The Morgan fingerprint density at radius 3 is 1.48 bits per heavy atom. The highest BCUT2D eigenvalue weighted by Gasteiger charge is 2.17. The highest BCUT2D eigenvalue weighted by atomic mass is 32.1. The molecule has 0 saturated carbocycles. The Hall–Kier alpha value is -4.02. The van der Waals surface area contributed by atoms with Gasteiger partial charge in [0.25, 0.3) is 0 Å². The van der Waals surface area contributed by atoms with E-state index in [4.69, 9.17) is 25.3 Å². The van der Waals surface area contributed by atoms with E-state index in [0.29, 0.717) is 12.8 Å². The van der Waals surface area contributed by atoms with Gasteiger partial charge < -0.3 is 30.1 Å². The topological polar surface area (TPSA) is 138 Å². The number of carboxylic acid groups (broad SMARTS) is 2. The number of aromatic amines is 4. The summed E-state index contributed by atoms with van der Waals surface area (Å²) in [6, 6.07) is 0. The molecule has 0 amide bonds. The molecule has 1 aliphatic heterocycles. The van der Waals surface area contributed by atoms with Gasteiger partial charge in [0.1, 0.15) is 0 Å². The molecule has 0 spiro atoms. The van der Waals surface area contributed by atoms with E-state index in [1.807, 2.05) is 33.8 Å². The second-order valence-corrected chi connectivity index (χ2v) is 12.9. The number of nitrogens with one attached hydrogen (secondary N) is 4. The second kappa shape index (κ2) is 12.2. The molecule has 5 heterocycles. The van der Waals surface area contributed by atoms with Crippen molar-refractivity contribution in [3.63, 3.8) is 0 Å². The molecule has 8 bridgehead atoms. The van der Waals surface area contributed by atoms with E-state index in [0.717, 1.165) is 97.8 Å². The van der Waals surface area contributed by atoms with Crippen LogP contribution in [0.2, 0.25) is 0 Å². The lowest BCUT2D eigenvalue weighted by Gasteiger charge is -2.01. The number of thiol groups is 2. The summed E-state index contributed by atoms with van der Waals surface area (Å²) in [6.45, 7) is 12.1. The fourth-order valence-corrected chi connectivity index (χ4v) is 6.87. The normalized spacial score (nSPS) is 16.9. The van der Waals surface area contributed by atoms with Crippen LogP contribution in [0.25, 0.3) is 34.1 Å². The molecule has 0 unspecified atom stereocenters. The molecule has 8 nitrogen and oxygen atoms in total. The van der Waals surface area contributed by atoms with Crippen LogP contribution in [0.3, 0.4) is 0 Å². The van der Waals surface area contributed by atoms with Crippen molar-refractivity contribution in [2.24, 2.45) is 0 Å². The van der Waals surface area contributed by atoms with Crippen molar-refractivity contribution in [1.82, 2.24) is 19.9 Å². The summed E-state index contributed by atoms with van der Waals surface area (Å²) in [4.78, 5) is 39.3. The molecule has 44 heavy (non-hydrogen) atoms. The van der Waals surface area contributed by atoms with Crippen LogP contribution in [0, 0.1) is 27.7 Å². The summed E-state index contributed by atoms with van der Waals surface area (Å²) < 4.78 is 0. The first kappa shape index (κ1) is 31.4. The Morgan fingerprint density at radius 1 is 0.568 bits per heavy atom. The zero-order valence-corrected chi connectivity index (χ0v) is 27.5. The van der Waals surface area contributed by atoms with Gasteiger partial charge in [0.2, 0.25) is 0 Å². The fraction of sp³-hybridized carbons (Fsp3) is 0.294. The van der Waals surface area contributed by atoms with E-state index in [2.05, 4.69) is 52.0 Å². The molecule has 4 aromatic rings. The Morgan fingerprint density at radius 2 is 1.00 bits per heavy atom. The Balaban J connectivity index is 1.98. The predicted molar refractivity (Wildman–Crippen MR) is 182 cm³/mol. The highest BCUT2D eigenvalue weighted by Crippen LogP contribution is 2.22. The van der Waals surface area contributed by atoms with E-state index < -0.39 is 11.9 Å². The van der Waals surface area contributed by atoms with Crippen molar-refractivity contribution >= 4 is 71.3 Å². The van der Waals surface area contributed by atoms with Gasteiger partial charge in [0, 0.05) is 67.5 Å². The average Bonchev–Trinajstić information content (AvgIpc) is 3.59. The summed E-state index contributed by atoms with van der Waals surface area (Å²) in [7, 11) is 0. The highest BCUT2D eigenvalue weighted by molar-refractivity contribution is 7.90. The summed E-state index contributed by atoms with van der Waals surface area (Å²) in [5.74, 6) is -1.74. The maximum atomic E-state index is 11.6. The van der Waals surface area contributed by atoms with E-state index in [9.17, 15) is 19.8 Å². The number of carboxylic acids is 2. The Kier molecular flexibility index (Phi) is 8.68. The minimum absolute atomic E-state index is 0.0110. The predicted octanol–water partition coefficient (Wildman–Crippen LogP) is 2.01. The van der Waals surface area contributed by atoms with Gasteiger partial charge in [-0.2, -0.15) is 0 Å². The van der Waals surface area contributed by atoms with Gasteiger partial charge in [0.05, 0.1) is 0 Å². The zero-order valence-electron chi connectivity index (χ0n) is 25.7. The lowest BCUT2D eigenvalue weighted by molar-refractivity contribution is -0.138. The van der Waals surface area contributed by atoms with Gasteiger partial charge in [0.15, 0.2) is 0 Å². The van der Waals surface area contributed by atoms with Gasteiger partial charge >= 0.3 is 11.9 Å². The van der Waals surface area contributed by atoms with E-state index >= 15 is 0 Å². The van der Waals surface area contributed by atoms with Gasteiger partial charge in [-0.25, -0.2) is 0 Å². The van der Waals surface area contributed by atoms with Crippen molar-refractivity contribution in [2.45, 2.75) is 67.2 Å². The lowest BCUT2D eigenvalue weighted by atomic mass is 10.0. The maximum absolute atomic E-state index is 11.6. The third-order valence-electron chi connectivity index (χ3n) is 8.59. The molecule has 5 rings (SSSR count). The van der Waals surface area contributed by atoms with Crippen LogP contribution in [-0.4, -0.2) is 42.1 Å². The Bertz CT molecular complexity index is 2220. The van der Waals surface area contributed by atoms with Crippen LogP contribution < -0.4 is 31.8 Å². The third-order valence-corrected chi connectivity index (χ3v) is 9.04. The number of H-pyrrole nitrogens is 4. The molecule has 0 aliphatic carbocycles. The smallest absolute Gasteiger partial charge is 0.303 e. The molecule has 4 aromatic heterocycles. The third kappa shape index (κ3) is 5.88. The molecule has 10 heteroatoms. The maximum Gasteiger partial charge on any atom is 0.303 e. The number of hydrogen-bond acceptors (Lipinski definition) is 4. The number of fused-ring (bicyclic) bond motifs is 8. The molecule has 6 N–H and O–H groups in total. The molecule has 0 aromatic carbocycles. The number of rotatable bonds is 6. The van der Waals surface area contributed by atoms with Crippen molar-refractivity contribution in [3.8, 4) is 0 Å². The van der Waals surface area contributed by atoms with Crippen LogP contribution in [0.5, 0.6) is 0 Å². The molecular weight excluding hydrogens is 593 g/mol. The van der Waals surface area contributed by atoms with Crippen LogP contribution in [0.15, 0.2) is 0 Å². The molecule has 1 aliphatic rings. The Labute approximate surface area is 265 Å². The summed E-state index contributed by atoms with van der Waals surface area (Å²) in [6.07, 6.45) is 8.86. The summed E-state index contributed by atoms with van der Waals surface area (Å²) in [5.41, 5.74) is 9.33. The number of carbonyl (C=O) groups is 2. The number of aromatic nitrogens is 4. The van der Waals surface area contributed by atoms with Crippen LogP contribution in [0.1, 0.15) is 82.8 Å². The second-order valence-electron chi connectivity index (χ2n) is 11.6. The van der Waals surface area contributed by atoms with Gasteiger partial charge in [-0.1, -0.05) is 0 Å². The fourth-order valence-electron chi connectivity index (χ4n) is 6.29.